The van der Waals surface area contributed by atoms with Crippen molar-refractivity contribution in [2.24, 2.45) is 0 Å². The van der Waals surface area contributed by atoms with Gasteiger partial charge in [-0.25, -0.2) is 19.9 Å². The fourth-order valence-electron chi connectivity index (χ4n) is 3.02. The van der Waals surface area contributed by atoms with Crippen molar-refractivity contribution >= 4 is 5.95 Å². The molecule has 6 nitrogen and oxygen atoms in total. The zero-order valence-electron chi connectivity index (χ0n) is 16.4. The lowest BCUT2D eigenvalue weighted by Crippen LogP contribution is -2.11. The molecule has 1 atom stereocenters. The number of nitrogens with one attached hydrogen (secondary N) is 1. The molecule has 1 saturated carbocycles. The molecule has 3 rings (SSSR count). The Hall–Kier alpha value is -2.24. The molecular formula is C20H29N5O. The molecule has 2 heterocycles. The number of hydrogen-bond donors (Lipinski definition) is 1. The van der Waals surface area contributed by atoms with Gasteiger partial charge in [-0.05, 0) is 56.1 Å². The molecule has 1 aliphatic carbocycles. The highest BCUT2D eigenvalue weighted by Crippen LogP contribution is 2.27. The van der Waals surface area contributed by atoms with Crippen LogP contribution in [0, 0.1) is 13.8 Å². The van der Waals surface area contributed by atoms with Gasteiger partial charge in [0.25, 0.3) is 0 Å². The standard InChI is InChI=1S/C20H29N5O/c1-12(2)17-10-22-19(24-14(17)4)21-9-8-13(3)18-11-23-20(25-15(18)5)26-16-6-7-16/h10-13,16H,6-9H2,1-5H3,(H,21,22,24)/t13-/m0/s1. The van der Waals surface area contributed by atoms with Crippen molar-refractivity contribution < 1.29 is 4.74 Å². The summed E-state index contributed by atoms with van der Waals surface area (Å²) in [7, 11) is 0. The second kappa shape index (κ2) is 7.98. The van der Waals surface area contributed by atoms with Crippen LogP contribution >= 0.6 is 0 Å². The Morgan fingerprint density at radius 2 is 1.73 bits per heavy atom. The number of ether oxygens (including phenoxy) is 1. The third-order valence-electron chi connectivity index (χ3n) is 4.82. The first-order valence-corrected chi connectivity index (χ1v) is 9.51. The van der Waals surface area contributed by atoms with Gasteiger partial charge in [0.05, 0.1) is 0 Å². The Labute approximate surface area is 155 Å². The predicted molar refractivity (Wildman–Crippen MR) is 103 cm³/mol. The Kier molecular flexibility index (Phi) is 5.69. The Morgan fingerprint density at radius 1 is 1.04 bits per heavy atom. The quantitative estimate of drug-likeness (QED) is 0.767. The first-order valence-electron chi connectivity index (χ1n) is 9.51. The van der Waals surface area contributed by atoms with Gasteiger partial charge in [-0.3, -0.25) is 0 Å². The van der Waals surface area contributed by atoms with E-state index >= 15 is 0 Å². The number of hydrogen-bond acceptors (Lipinski definition) is 6. The van der Waals surface area contributed by atoms with Crippen LogP contribution in [0.4, 0.5) is 5.95 Å². The largest absolute Gasteiger partial charge is 0.460 e. The summed E-state index contributed by atoms with van der Waals surface area (Å²) >= 11 is 0. The first-order chi connectivity index (χ1) is 12.4. The van der Waals surface area contributed by atoms with Crippen molar-refractivity contribution in [3.63, 3.8) is 0 Å². The Bertz CT molecular complexity index is 758. The molecule has 0 unspecified atom stereocenters. The number of rotatable bonds is 8. The predicted octanol–water partition coefficient (Wildman–Crippen LogP) is 4.15. The summed E-state index contributed by atoms with van der Waals surface area (Å²) in [5.41, 5.74) is 4.41. The Balaban J connectivity index is 1.53. The number of anilines is 1. The van der Waals surface area contributed by atoms with E-state index in [1.165, 1.54) is 11.1 Å². The van der Waals surface area contributed by atoms with E-state index in [1.807, 2.05) is 26.2 Å². The lowest BCUT2D eigenvalue weighted by molar-refractivity contribution is 0.277. The minimum Gasteiger partial charge on any atom is -0.460 e. The van der Waals surface area contributed by atoms with Crippen LogP contribution in [0.5, 0.6) is 6.01 Å². The summed E-state index contributed by atoms with van der Waals surface area (Å²) in [5.74, 6) is 1.49. The maximum absolute atomic E-state index is 5.67. The molecule has 0 spiro atoms. The average Bonchev–Trinajstić information content (AvgIpc) is 3.38. The highest BCUT2D eigenvalue weighted by atomic mass is 16.5. The van der Waals surface area contributed by atoms with Gasteiger partial charge in [0.15, 0.2) is 0 Å². The van der Waals surface area contributed by atoms with Crippen LogP contribution in [-0.4, -0.2) is 32.6 Å². The molecule has 0 aliphatic heterocycles. The van der Waals surface area contributed by atoms with E-state index in [1.54, 1.807) is 0 Å². The highest BCUT2D eigenvalue weighted by molar-refractivity contribution is 5.30. The normalized spacial score (nSPS) is 15.2. The molecule has 1 fully saturated rings. The summed E-state index contributed by atoms with van der Waals surface area (Å²) in [5, 5.41) is 3.33. The highest BCUT2D eigenvalue weighted by Gasteiger charge is 2.25. The van der Waals surface area contributed by atoms with Crippen molar-refractivity contribution in [1.82, 2.24) is 19.9 Å². The molecule has 0 aromatic carbocycles. The van der Waals surface area contributed by atoms with Gasteiger partial charge in [0.2, 0.25) is 5.95 Å². The van der Waals surface area contributed by atoms with Crippen LogP contribution in [-0.2, 0) is 0 Å². The van der Waals surface area contributed by atoms with Crippen molar-refractivity contribution in [2.75, 3.05) is 11.9 Å². The van der Waals surface area contributed by atoms with E-state index in [0.29, 0.717) is 29.9 Å². The molecule has 1 N–H and O–H groups in total. The van der Waals surface area contributed by atoms with Gasteiger partial charge in [-0.15, -0.1) is 0 Å². The lowest BCUT2D eigenvalue weighted by atomic mass is 9.98. The molecule has 26 heavy (non-hydrogen) atoms. The smallest absolute Gasteiger partial charge is 0.316 e. The van der Waals surface area contributed by atoms with Gasteiger partial charge in [-0.1, -0.05) is 20.8 Å². The molecule has 6 heteroatoms. The fraction of sp³-hybridized carbons (Fsp3) is 0.600. The molecule has 2 aromatic rings. The Morgan fingerprint density at radius 3 is 2.35 bits per heavy atom. The monoisotopic (exact) mass is 355 g/mol. The number of aromatic nitrogens is 4. The SMILES string of the molecule is Cc1nc(NCC[C@H](C)c2cnc(OC3CC3)nc2C)ncc1C(C)C. The number of nitrogens with zero attached hydrogens (tertiary/aromatic N) is 4. The van der Waals surface area contributed by atoms with Crippen LogP contribution in [0.3, 0.4) is 0 Å². The second-order valence-electron chi connectivity index (χ2n) is 7.52. The topological polar surface area (TPSA) is 72.8 Å². The lowest BCUT2D eigenvalue weighted by Gasteiger charge is -2.15. The summed E-state index contributed by atoms with van der Waals surface area (Å²) in [6.07, 6.45) is 7.35. The van der Waals surface area contributed by atoms with E-state index in [-0.39, 0.29) is 0 Å². The number of aryl methyl sites for hydroxylation is 2. The van der Waals surface area contributed by atoms with Crippen LogP contribution < -0.4 is 10.1 Å². The van der Waals surface area contributed by atoms with E-state index in [9.17, 15) is 0 Å². The molecule has 0 radical (unpaired) electrons. The first kappa shape index (κ1) is 18.5. The van der Waals surface area contributed by atoms with Gasteiger partial charge in [-0.2, -0.15) is 0 Å². The van der Waals surface area contributed by atoms with Gasteiger partial charge < -0.3 is 10.1 Å². The summed E-state index contributed by atoms with van der Waals surface area (Å²) in [4.78, 5) is 17.9. The third kappa shape index (κ3) is 4.68. The maximum atomic E-state index is 5.67. The molecule has 140 valence electrons. The van der Waals surface area contributed by atoms with Crippen LogP contribution in [0.2, 0.25) is 0 Å². The minimum absolute atomic E-state index is 0.326. The maximum Gasteiger partial charge on any atom is 0.316 e. The molecule has 0 bridgehead atoms. The van der Waals surface area contributed by atoms with Crippen LogP contribution in [0.1, 0.15) is 74.4 Å². The van der Waals surface area contributed by atoms with Gasteiger partial charge >= 0.3 is 6.01 Å². The van der Waals surface area contributed by atoms with Crippen LogP contribution in [0.15, 0.2) is 12.4 Å². The van der Waals surface area contributed by atoms with Crippen molar-refractivity contribution in [3.8, 4) is 6.01 Å². The second-order valence-corrected chi connectivity index (χ2v) is 7.52. The van der Waals surface area contributed by atoms with Gasteiger partial charge in [0.1, 0.15) is 6.10 Å². The zero-order chi connectivity index (χ0) is 18.7. The van der Waals surface area contributed by atoms with E-state index in [4.69, 9.17) is 4.74 Å². The molecule has 0 saturated heterocycles. The van der Waals surface area contributed by atoms with Crippen molar-refractivity contribution in [1.29, 1.82) is 0 Å². The van der Waals surface area contributed by atoms with Crippen LogP contribution in [0.25, 0.3) is 0 Å². The summed E-state index contributed by atoms with van der Waals surface area (Å²) < 4.78 is 5.67. The molecule has 1 aliphatic rings. The molecule has 0 amide bonds. The average molecular weight is 355 g/mol. The third-order valence-corrected chi connectivity index (χ3v) is 4.82. The summed E-state index contributed by atoms with van der Waals surface area (Å²) in [6, 6.07) is 0.508. The minimum atomic E-state index is 0.326. The molecular weight excluding hydrogens is 326 g/mol. The van der Waals surface area contributed by atoms with E-state index in [2.05, 4.69) is 46.0 Å². The van der Waals surface area contributed by atoms with Crippen molar-refractivity contribution in [2.45, 2.75) is 71.8 Å². The van der Waals surface area contributed by atoms with Crippen molar-refractivity contribution in [3.05, 3.63) is 34.9 Å². The molecule has 2 aromatic heterocycles. The summed E-state index contributed by atoms with van der Waals surface area (Å²) in [6.45, 7) is 11.4. The zero-order valence-corrected chi connectivity index (χ0v) is 16.4. The van der Waals surface area contributed by atoms with Gasteiger partial charge in [0, 0.05) is 30.3 Å². The fourth-order valence-corrected chi connectivity index (χ4v) is 3.02. The van der Waals surface area contributed by atoms with E-state index < -0.39 is 0 Å². The van der Waals surface area contributed by atoms with E-state index in [0.717, 1.165) is 37.2 Å².